The Bertz CT molecular complexity index is 799. The van der Waals surface area contributed by atoms with E-state index in [0.29, 0.717) is 0 Å². The number of thiophene rings is 1. The molecule has 0 unspecified atom stereocenters. The molecule has 116 valence electrons. The first-order valence-corrected chi connectivity index (χ1v) is 8.80. The van der Waals surface area contributed by atoms with Gasteiger partial charge in [-0.1, -0.05) is 36.4 Å². The third-order valence-corrected chi connectivity index (χ3v) is 5.61. The molecule has 0 fully saturated rings. The van der Waals surface area contributed by atoms with E-state index in [9.17, 15) is 4.39 Å². The lowest BCUT2D eigenvalue weighted by Crippen LogP contribution is -2.16. The molecular weight excluding hydrogens is 305 g/mol. The average Bonchev–Trinajstić information content (AvgIpc) is 2.86. The Hall–Kier alpha value is -1.97. The van der Waals surface area contributed by atoms with Crippen molar-refractivity contribution in [2.24, 2.45) is 0 Å². The van der Waals surface area contributed by atoms with Crippen LogP contribution in [0, 0.1) is 5.82 Å². The Balaban J connectivity index is 1.70. The maximum atomic E-state index is 14.7. The lowest BCUT2D eigenvalue weighted by Gasteiger charge is -2.05. The van der Waals surface area contributed by atoms with Crippen LogP contribution in [-0.4, -0.2) is 13.1 Å². The maximum Gasteiger partial charge on any atom is 0.132 e. The Kier molecular flexibility index (Phi) is 3.98. The summed E-state index contributed by atoms with van der Waals surface area (Å²) < 4.78 is 14.7. The van der Waals surface area contributed by atoms with Gasteiger partial charge in [-0.3, -0.25) is 0 Å². The van der Waals surface area contributed by atoms with E-state index in [1.807, 2.05) is 42.5 Å². The first-order valence-electron chi connectivity index (χ1n) is 7.99. The first kappa shape index (κ1) is 14.6. The molecule has 0 saturated heterocycles. The molecule has 23 heavy (non-hydrogen) atoms. The largest absolute Gasteiger partial charge is 0.316 e. The molecule has 2 heterocycles. The third kappa shape index (κ3) is 2.94. The maximum absolute atomic E-state index is 14.7. The zero-order chi connectivity index (χ0) is 15.6. The molecule has 3 aromatic rings. The quantitative estimate of drug-likeness (QED) is 0.706. The second-order valence-corrected chi connectivity index (χ2v) is 7.01. The smallest absolute Gasteiger partial charge is 0.132 e. The molecule has 0 bridgehead atoms. The fourth-order valence-corrected chi connectivity index (χ4v) is 4.34. The number of benzene rings is 2. The van der Waals surface area contributed by atoms with Crippen molar-refractivity contribution in [2.75, 3.05) is 13.1 Å². The van der Waals surface area contributed by atoms with E-state index >= 15 is 0 Å². The minimum Gasteiger partial charge on any atom is -0.316 e. The lowest BCUT2D eigenvalue weighted by atomic mass is 10.0. The minimum absolute atomic E-state index is 0.138. The molecule has 0 radical (unpaired) electrons. The molecule has 1 aromatic heterocycles. The molecule has 1 N–H and O–H groups in total. The summed E-state index contributed by atoms with van der Waals surface area (Å²) in [5.41, 5.74) is 4.07. The van der Waals surface area contributed by atoms with E-state index in [1.165, 1.54) is 10.4 Å². The van der Waals surface area contributed by atoms with Crippen LogP contribution >= 0.6 is 11.3 Å². The van der Waals surface area contributed by atoms with Crippen molar-refractivity contribution in [3.8, 4) is 21.6 Å². The Morgan fingerprint density at radius 3 is 2.52 bits per heavy atom. The van der Waals surface area contributed by atoms with Crippen LogP contribution in [0.15, 0.2) is 54.6 Å². The Morgan fingerprint density at radius 1 is 0.870 bits per heavy atom. The van der Waals surface area contributed by atoms with Crippen LogP contribution in [0.4, 0.5) is 4.39 Å². The van der Waals surface area contributed by atoms with Gasteiger partial charge >= 0.3 is 0 Å². The van der Waals surface area contributed by atoms with E-state index in [2.05, 4.69) is 11.4 Å². The number of hydrogen-bond acceptors (Lipinski definition) is 2. The van der Waals surface area contributed by atoms with Crippen LogP contribution in [0.3, 0.4) is 0 Å². The van der Waals surface area contributed by atoms with Crippen LogP contribution < -0.4 is 5.32 Å². The Morgan fingerprint density at radius 2 is 1.70 bits per heavy atom. The van der Waals surface area contributed by atoms with E-state index in [-0.39, 0.29) is 5.82 Å². The van der Waals surface area contributed by atoms with Crippen LogP contribution in [0.1, 0.15) is 10.4 Å². The van der Waals surface area contributed by atoms with Crippen molar-refractivity contribution in [1.82, 2.24) is 5.32 Å². The molecule has 0 aliphatic carbocycles. The molecule has 0 atom stereocenters. The summed E-state index contributed by atoms with van der Waals surface area (Å²) in [6.45, 7) is 2.03. The van der Waals surface area contributed by atoms with E-state index in [4.69, 9.17) is 0 Å². The highest BCUT2D eigenvalue weighted by atomic mass is 32.1. The highest BCUT2D eigenvalue weighted by molar-refractivity contribution is 7.15. The van der Waals surface area contributed by atoms with E-state index in [0.717, 1.165) is 47.5 Å². The van der Waals surface area contributed by atoms with Gasteiger partial charge in [0.2, 0.25) is 0 Å². The van der Waals surface area contributed by atoms with Crippen molar-refractivity contribution in [3.63, 3.8) is 0 Å². The SMILES string of the molecule is Fc1cc(-c2ccccc2)ccc1-c1cc2c(s1)CCNCC2. The number of rotatable bonds is 2. The molecule has 4 rings (SSSR count). The highest BCUT2D eigenvalue weighted by Gasteiger charge is 2.15. The topological polar surface area (TPSA) is 12.0 Å². The van der Waals surface area contributed by atoms with Crippen LogP contribution in [0.5, 0.6) is 0 Å². The number of halogens is 1. The molecule has 1 nitrogen and oxygen atoms in total. The van der Waals surface area contributed by atoms with Crippen LogP contribution in [-0.2, 0) is 12.8 Å². The summed E-state index contributed by atoms with van der Waals surface area (Å²) in [7, 11) is 0. The van der Waals surface area contributed by atoms with Crippen LogP contribution in [0.2, 0.25) is 0 Å². The zero-order valence-electron chi connectivity index (χ0n) is 12.8. The predicted molar refractivity (Wildman–Crippen MR) is 95.4 cm³/mol. The lowest BCUT2D eigenvalue weighted by molar-refractivity contribution is 0.632. The summed E-state index contributed by atoms with van der Waals surface area (Å²) in [6.07, 6.45) is 2.08. The molecule has 1 aliphatic rings. The minimum atomic E-state index is -0.138. The molecule has 1 aliphatic heterocycles. The fourth-order valence-electron chi connectivity index (χ4n) is 3.10. The van der Waals surface area contributed by atoms with Crippen molar-refractivity contribution >= 4 is 11.3 Å². The van der Waals surface area contributed by atoms with Crippen molar-refractivity contribution in [2.45, 2.75) is 12.8 Å². The molecular formula is C20H18FNS. The summed E-state index contributed by atoms with van der Waals surface area (Å²) in [4.78, 5) is 2.45. The van der Waals surface area contributed by atoms with Gasteiger partial charge in [0, 0.05) is 15.3 Å². The van der Waals surface area contributed by atoms with Crippen molar-refractivity contribution < 1.29 is 4.39 Å². The summed E-state index contributed by atoms with van der Waals surface area (Å²) >= 11 is 1.74. The number of fused-ring (bicyclic) bond motifs is 1. The molecule has 3 heteroatoms. The molecule has 0 spiro atoms. The van der Waals surface area contributed by atoms with Crippen LogP contribution in [0.25, 0.3) is 21.6 Å². The molecule has 2 aromatic carbocycles. The van der Waals surface area contributed by atoms with E-state index < -0.39 is 0 Å². The van der Waals surface area contributed by atoms with Gasteiger partial charge in [0.05, 0.1) is 0 Å². The second kappa shape index (κ2) is 6.26. The van der Waals surface area contributed by atoms with E-state index in [1.54, 1.807) is 17.4 Å². The number of nitrogens with one attached hydrogen (secondary N) is 1. The van der Waals surface area contributed by atoms with Gasteiger partial charge in [-0.25, -0.2) is 4.39 Å². The predicted octanol–water partition coefficient (Wildman–Crippen LogP) is 4.91. The fraction of sp³-hybridized carbons (Fsp3) is 0.200. The molecule has 0 saturated carbocycles. The van der Waals surface area contributed by atoms with Gasteiger partial charge in [0.25, 0.3) is 0 Å². The van der Waals surface area contributed by atoms with Crippen molar-refractivity contribution in [3.05, 3.63) is 70.9 Å². The monoisotopic (exact) mass is 323 g/mol. The normalized spacial score (nSPS) is 14.3. The summed E-state index contributed by atoms with van der Waals surface area (Å²) in [5, 5.41) is 3.41. The highest BCUT2D eigenvalue weighted by Crippen LogP contribution is 2.35. The van der Waals surface area contributed by atoms with Crippen molar-refractivity contribution in [1.29, 1.82) is 0 Å². The Labute approximate surface area is 139 Å². The first-order chi connectivity index (χ1) is 11.3. The zero-order valence-corrected chi connectivity index (χ0v) is 13.6. The van der Waals surface area contributed by atoms with Gasteiger partial charge < -0.3 is 5.32 Å². The van der Waals surface area contributed by atoms with Gasteiger partial charge in [0.15, 0.2) is 0 Å². The van der Waals surface area contributed by atoms with Gasteiger partial charge in [-0.05, 0) is 60.8 Å². The molecule has 0 amide bonds. The standard InChI is InChI=1S/C20H18FNS/c21-18-12-15(14-4-2-1-3-5-14)6-7-17(18)20-13-16-8-10-22-11-9-19(16)23-20/h1-7,12-13,22H,8-11H2. The summed E-state index contributed by atoms with van der Waals surface area (Å²) in [6, 6.07) is 17.7. The average molecular weight is 323 g/mol. The number of hydrogen-bond donors (Lipinski definition) is 1. The third-order valence-electron chi connectivity index (χ3n) is 4.34. The van der Waals surface area contributed by atoms with Gasteiger partial charge in [-0.2, -0.15) is 0 Å². The summed E-state index contributed by atoms with van der Waals surface area (Å²) in [5.74, 6) is -0.138. The van der Waals surface area contributed by atoms with Gasteiger partial charge in [-0.15, -0.1) is 11.3 Å². The van der Waals surface area contributed by atoms with Gasteiger partial charge in [0.1, 0.15) is 5.82 Å². The second-order valence-electron chi connectivity index (χ2n) is 5.87.